The molecule has 11 aliphatic rings. The number of fused-ring (bicyclic) bond motifs is 9. The summed E-state index contributed by atoms with van der Waals surface area (Å²) in [6.07, 6.45) is 20.7. The van der Waals surface area contributed by atoms with Gasteiger partial charge in [0.1, 0.15) is 0 Å². The lowest BCUT2D eigenvalue weighted by Crippen LogP contribution is -2.28. The first kappa shape index (κ1) is 22.6. The van der Waals surface area contributed by atoms with Crippen LogP contribution in [-0.2, 0) is 5.41 Å². The van der Waals surface area contributed by atoms with Gasteiger partial charge < -0.3 is 0 Å². The van der Waals surface area contributed by atoms with Crippen LogP contribution in [0, 0.1) is 23.7 Å². The highest BCUT2D eigenvalue weighted by Crippen LogP contribution is 2.67. The molecule has 0 radical (unpaired) electrons. The maximum absolute atomic E-state index is 2.84. The van der Waals surface area contributed by atoms with Gasteiger partial charge >= 0.3 is 0 Å². The van der Waals surface area contributed by atoms with E-state index in [2.05, 4.69) is 60.7 Å². The van der Waals surface area contributed by atoms with Gasteiger partial charge in [-0.1, -0.05) is 60.7 Å². The van der Waals surface area contributed by atoms with Crippen molar-refractivity contribution in [3.05, 3.63) is 111 Å². The van der Waals surface area contributed by atoms with Crippen molar-refractivity contribution in [1.82, 2.24) is 0 Å². The molecule has 1 spiro atoms. The Hall–Kier alpha value is -2.86. The highest BCUT2D eigenvalue weighted by Gasteiger charge is 2.55. The molecule has 208 valence electrons. The van der Waals surface area contributed by atoms with Crippen LogP contribution in [0.15, 0.2) is 66.3 Å². The number of hydrogen-bond donors (Lipinski definition) is 0. The molecule has 0 N–H and O–H groups in total. The summed E-state index contributed by atoms with van der Waals surface area (Å²) in [6, 6.07) is 20.8. The van der Waals surface area contributed by atoms with E-state index in [-0.39, 0.29) is 5.41 Å². The van der Waals surface area contributed by atoms with E-state index < -0.39 is 0 Å². The first-order valence-corrected chi connectivity index (χ1v) is 17.6. The molecule has 0 aromatic heterocycles. The quantitative estimate of drug-likeness (QED) is 0.264. The van der Waals surface area contributed by atoms with Crippen molar-refractivity contribution >= 4 is 5.57 Å². The Kier molecular flexibility index (Phi) is 4.01. The second kappa shape index (κ2) is 7.43. The van der Waals surface area contributed by atoms with Crippen LogP contribution in [0.3, 0.4) is 0 Å². The highest BCUT2D eigenvalue weighted by molar-refractivity contribution is 5.98. The van der Waals surface area contributed by atoms with Crippen molar-refractivity contribution in [3.8, 4) is 11.1 Å². The zero-order valence-electron chi connectivity index (χ0n) is 24.7. The molecule has 0 aliphatic heterocycles. The van der Waals surface area contributed by atoms with Crippen LogP contribution in [0.5, 0.6) is 0 Å². The van der Waals surface area contributed by atoms with Gasteiger partial charge in [-0.2, -0.15) is 0 Å². The molecule has 4 saturated carbocycles. The minimum absolute atomic E-state index is 0.100. The fourth-order valence-corrected chi connectivity index (χ4v) is 13.5. The standard InChI is InChI=1S/C42H40/c1-2-6-38-30(4-1)31-5-3-7-39(31)42(38)40-20-34-28-14-22-8-23(15-28)11-26(10-22)32(34)18-36(40)37-19-33-27-12-24-9-25(13-27)17-29(16-24)35(33)21-41(37)42/h1-6,18-29H,7-17H2. The van der Waals surface area contributed by atoms with E-state index in [1.165, 1.54) is 75.3 Å². The van der Waals surface area contributed by atoms with E-state index >= 15 is 0 Å². The summed E-state index contributed by atoms with van der Waals surface area (Å²) in [5, 5.41) is 0. The third kappa shape index (κ3) is 2.54. The summed E-state index contributed by atoms with van der Waals surface area (Å²) < 4.78 is 0. The van der Waals surface area contributed by atoms with Crippen molar-refractivity contribution in [2.45, 2.75) is 99.7 Å². The van der Waals surface area contributed by atoms with E-state index in [1.807, 2.05) is 0 Å². The topological polar surface area (TPSA) is 0 Å². The molecule has 8 bridgehead atoms. The van der Waals surface area contributed by atoms with Crippen LogP contribution in [0.2, 0.25) is 0 Å². The van der Waals surface area contributed by atoms with Gasteiger partial charge in [0, 0.05) is 0 Å². The molecule has 0 saturated heterocycles. The van der Waals surface area contributed by atoms with Gasteiger partial charge in [-0.05, 0) is 185 Å². The van der Waals surface area contributed by atoms with Crippen LogP contribution < -0.4 is 0 Å². The number of rotatable bonds is 0. The molecule has 0 amide bonds. The lowest BCUT2D eigenvalue weighted by Gasteiger charge is -2.38. The van der Waals surface area contributed by atoms with Gasteiger partial charge in [0.25, 0.3) is 0 Å². The largest absolute Gasteiger partial charge is 0.0798 e. The molecule has 4 unspecified atom stereocenters. The summed E-state index contributed by atoms with van der Waals surface area (Å²) in [6.45, 7) is 0. The first-order valence-electron chi connectivity index (χ1n) is 17.6. The lowest BCUT2D eigenvalue weighted by molar-refractivity contribution is 0.165. The Bertz CT molecular complexity index is 1710. The predicted octanol–water partition coefficient (Wildman–Crippen LogP) is 10.5. The summed E-state index contributed by atoms with van der Waals surface area (Å²) in [7, 11) is 0. The van der Waals surface area contributed by atoms with E-state index in [0.717, 1.165) is 53.8 Å². The van der Waals surface area contributed by atoms with Gasteiger partial charge in [-0.25, -0.2) is 0 Å². The van der Waals surface area contributed by atoms with Gasteiger partial charge in [0.15, 0.2) is 0 Å². The van der Waals surface area contributed by atoms with Crippen molar-refractivity contribution in [1.29, 1.82) is 0 Å². The molecule has 3 aromatic rings. The zero-order valence-corrected chi connectivity index (χ0v) is 24.7. The van der Waals surface area contributed by atoms with Gasteiger partial charge in [-0.15, -0.1) is 0 Å². The minimum Gasteiger partial charge on any atom is -0.0798 e. The highest BCUT2D eigenvalue weighted by atomic mass is 14.6. The summed E-state index contributed by atoms with van der Waals surface area (Å²) >= 11 is 0. The van der Waals surface area contributed by atoms with Crippen molar-refractivity contribution < 1.29 is 0 Å². The van der Waals surface area contributed by atoms with Crippen LogP contribution in [0.4, 0.5) is 0 Å². The Labute approximate surface area is 250 Å². The second-order valence-corrected chi connectivity index (χ2v) is 16.5. The van der Waals surface area contributed by atoms with Gasteiger partial charge in [-0.3, -0.25) is 0 Å². The maximum atomic E-state index is 2.84. The molecule has 0 heterocycles. The lowest BCUT2D eigenvalue weighted by atomic mass is 9.66. The van der Waals surface area contributed by atoms with Crippen molar-refractivity contribution in [2.75, 3.05) is 0 Å². The van der Waals surface area contributed by atoms with Gasteiger partial charge in [0.05, 0.1) is 5.41 Å². The Morgan fingerprint density at radius 2 is 0.952 bits per heavy atom. The summed E-state index contributed by atoms with van der Waals surface area (Å²) in [5.74, 6) is 7.06. The third-order valence-electron chi connectivity index (χ3n) is 14.6. The molecular weight excluding hydrogens is 504 g/mol. The van der Waals surface area contributed by atoms with Crippen LogP contribution in [0.25, 0.3) is 16.7 Å². The predicted molar refractivity (Wildman–Crippen MR) is 170 cm³/mol. The van der Waals surface area contributed by atoms with E-state index in [4.69, 9.17) is 0 Å². The van der Waals surface area contributed by atoms with E-state index in [1.54, 1.807) is 55.6 Å². The van der Waals surface area contributed by atoms with Crippen molar-refractivity contribution in [3.63, 3.8) is 0 Å². The fraction of sp³-hybridized carbons (Fsp3) is 0.476. The molecule has 4 atom stereocenters. The molecule has 3 aromatic carbocycles. The molecule has 14 rings (SSSR count). The maximum Gasteiger partial charge on any atom is 0.0691 e. The van der Waals surface area contributed by atoms with E-state index in [0.29, 0.717) is 0 Å². The molecule has 11 aliphatic carbocycles. The van der Waals surface area contributed by atoms with Crippen LogP contribution in [0.1, 0.15) is 139 Å². The normalized spacial score (nSPS) is 39.7. The summed E-state index contributed by atoms with van der Waals surface area (Å²) in [4.78, 5) is 0. The zero-order chi connectivity index (χ0) is 26.9. The minimum atomic E-state index is -0.100. The molecule has 0 nitrogen and oxygen atoms in total. The number of allylic oxidation sites excluding steroid dienone is 4. The molecule has 4 fully saturated rings. The Morgan fingerprint density at radius 1 is 0.476 bits per heavy atom. The third-order valence-corrected chi connectivity index (χ3v) is 14.6. The second-order valence-electron chi connectivity index (χ2n) is 16.5. The van der Waals surface area contributed by atoms with Gasteiger partial charge in [0.2, 0.25) is 0 Å². The monoisotopic (exact) mass is 544 g/mol. The molecule has 42 heavy (non-hydrogen) atoms. The Balaban J connectivity index is 1.19. The SMILES string of the molecule is C1=CC2=C(C1)C1(c3ccccc32)c2cc3c(cc2-c2cc4c(cc21)C1CC2CC(CC4C2)C1)C1CC2CC(C1)CC3C2. The average molecular weight is 545 g/mol. The number of benzene rings is 3. The van der Waals surface area contributed by atoms with Crippen LogP contribution in [-0.4, -0.2) is 0 Å². The van der Waals surface area contributed by atoms with E-state index in [9.17, 15) is 0 Å². The molecular formula is C42H40. The average Bonchev–Trinajstić information content (AvgIpc) is 3.59. The molecule has 0 heteroatoms. The van der Waals surface area contributed by atoms with Crippen molar-refractivity contribution in [2.24, 2.45) is 23.7 Å². The van der Waals surface area contributed by atoms with Crippen LogP contribution >= 0.6 is 0 Å². The number of hydrogen-bond acceptors (Lipinski definition) is 0. The summed E-state index contributed by atoms with van der Waals surface area (Å²) in [5.41, 5.74) is 19.8. The first-order chi connectivity index (χ1) is 20.7. The smallest absolute Gasteiger partial charge is 0.0691 e. The fourth-order valence-electron chi connectivity index (χ4n) is 13.5. The Morgan fingerprint density at radius 3 is 1.48 bits per heavy atom.